The molecule has 0 aromatic carbocycles. The molecule has 0 saturated heterocycles. The molecule has 118 valence electrons. The van der Waals surface area contributed by atoms with Crippen molar-refractivity contribution in [2.75, 3.05) is 6.54 Å². The van der Waals surface area contributed by atoms with Gasteiger partial charge in [0.1, 0.15) is 6.04 Å². The SMILES string of the molecule is CCCCC(NC(N)=O)C(=O)NC1(CN)CCCC1.Cl. The summed E-state index contributed by atoms with van der Waals surface area (Å²) in [5.41, 5.74) is 10.6. The first kappa shape index (κ1) is 19.0. The molecule has 1 rings (SSSR count). The number of carbonyl (C=O) groups excluding carboxylic acids is 2. The van der Waals surface area contributed by atoms with E-state index in [0.29, 0.717) is 13.0 Å². The number of urea groups is 1. The summed E-state index contributed by atoms with van der Waals surface area (Å²) in [5, 5.41) is 5.54. The molecule has 0 heterocycles. The lowest BCUT2D eigenvalue weighted by molar-refractivity contribution is -0.125. The van der Waals surface area contributed by atoms with Crippen molar-refractivity contribution in [2.24, 2.45) is 11.5 Å². The summed E-state index contributed by atoms with van der Waals surface area (Å²) in [6, 6.07) is -1.22. The number of amides is 3. The minimum atomic E-state index is -0.663. The number of hydrogen-bond acceptors (Lipinski definition) is 3. The van der Waals surface area contributed by atoms with Gasteiger partial charge in [-0.2, -0.15) is 0 Å². The molecular weight excluding hydrogens is 280 g/mol. The van der Waals surface area contributed by atoms with Crippen molar-refractivity contribution in [3.05, 3.63) is 0 Å². The second-order valence-corrected chi connectivity index (χ2v) is 5.38. The van der Waals surface area contributed by atoms with Crippen LogP contribution in [-0.2, 0) is 4.79 Å². The first-order chi connectivity index (χ1) is 9.03. The molecule has 0 aliphatic heterocycles. The lowest BCUT2D eigenvalue weighted by Crippen LogP contribution is -2.58. The molecule has 1 aliphatic rings. The number of carbonyl (C=O) groups is 2. The quantitative estimate of drug-likeness (QED) is 0.563. The van der Waals surface area contributed by atoms with E-state index in [1.165, 1.54) is 0 Å². The maximum absolute atomic E-state index is 12.3. The standard InChI is InChI=1S/C13H26N4O2.ClH/c1-2-3-6-10(16-12(15)19)11(18)17-13(9-14)7-4-5-8-13;/h10H,2-9,14H2,1H3,(H,17,18)(H3,15,16,19);1H. The fraction of sp³-hybridized carbons (Fsp3) is 0.846. The number of halogens is 1. The van der Waals surface area contributed by atoms with Gasteiger partial charge in [-0.3, -0.25) is 4.79 Å². The number of nitrogens with one attached hydrogen (secondary N) is 2. The zero-order valence-electron chi connectivity index (χ0n) is 12.1. The van der Waals surface area contributed by atoms with Crippen molar-refractivity contribution in [3.8, 4) is 0 Å². The Labute approximate surface area is 126 Å². The van der Waals surface area contributed by atoms with Crippen LogP contribution in [0.3, 0.4) is 0 Å². The van der Waals surface area contributed by atoms with Crippen LogP contribution in [0.2, 0.25) is 0 Å². The van der Waals surface area contributed by atoms with E-state index < -0.39 is 12.1 Å². The van der Waals surface area contributed by atoms with Crippen molar-refractivity contribution < 1.29 is 9.59 Å². The van der Waals surface area contributed by atoms with Gasteiger partial charge in [0.15, 0.2) is 0 Å². The van der Waals surface area contributed by atoms with Crippen LogP contribution < -0.4 is 22.1 Å². The van der Waals surface area contributed by atoms with Crippen LogP contribution in [-0.4, -0.2) is 30.1 Å². The topological polar surface area (TPSA) is 110 Å². The zero-order chi connectivity index (χ0) is 14.3. The van der Waals surface area contributed by atoms with E-state index in [4.69, 9.17) is 11.5 Å². The number of nitrogens with two attached hydrogens (primary N) is 2. The van der Waals surface area contributed by atoms with Crippen molar-refractivity contribution in [2.45, 2.75) is 63.5 Å². The van der Waals surface area contributed by atoms with Gasteiger partial charge in [0.25, 0.3) is 0 Å². The number of unbranched alkanes of at least 4 members (excludes halogenated alkanes) is 1. The smallest absolute Gasteiger partial charge is 0.312 e. The molecule has 6 nitrogen and oxygen atoms in total. The monoisotopic (exact) mass is 306 g/mol. The van der Waals surface area contributed by atoms with Crippen LogP contribution in [0.4, 0.5) is 4.79 Å². The predicted octanol–water partition coefficient (Wildman–Crippen LogP) is 1.02. The van der Waals surface area contributed by atoms with Gasteiger partial charge in [-0.25, -0.2) is 4.79 Å². The molecule has 1 saturated carbocycles. The van der Waals surface area contributed by atoms with Crippen LogP contribution in [0.1, 0.15) is 51.9 Å². The van der Waals surface area contributed by atoms with E-state index in [0.717, 1.165) is 38.5 Å². The van der Waals surface area contributed by atoms with Gasteiger partial charge in [-0.05, 0) is 19.3 Å². The third kappa shape index (κ3) is 5.54. The Balaban J connectivity index is 0.00000361. The molecule has 0 aromatic heterocycles. The van der Waals surface area contributed by atoms with E-state index in [1.54, 1.807) is 0 Å². The summed E-state index contributed by atoms with van der Waals surface area (Å²) in [6.07, 6.45) is 6.42. The summed E-state index contributed by atoms with van der Waals surface area (Å²) in [7, 11) is 0. The Hall–Kier alpha value is -1.01. The van der Waals surface area contributed by atoms with Gasteiger partial charge < -0.3 is 22.1 Å². The molecule has 1 aliphatic carbocycles. The second kappa shape index (κ2) is 9.02. The number of hydrogen-bond donors (Lipinski definition) is 4. The lowest BCUT2D eigenvalue weighted by atomic mass is 9.96. The minimum absolute atomic E-state index is 0. The van der Waals surface area contributed by atoms with Gasteiger partial charge in [0.2, 0.25) is 5.91 Å². The van der Waals surface area contributed by atoms with Crippen LogP contribution in [0.15, 0.2) is 0 Å². The lowest BCUT2D eigenvalue weighted by Gasteiger charge is -2.31. The normalized spacial score (nSPS) is 17.9. The highest BCUT2D eigenvalue weighted by Crippen LogP contribution is 2.28. The summed E-state index contributed by atoms with van der Waals surface area (Å²) in [5.74, 6) is -0.167. The first-order valence-corrected chi connectivity index (χ1v) is 7.11. The van der Waals surface area contributed by atoms with Gasteiger partial charge in [0, 0.05) is 6.54 Å². The van der Waals surface area contributed by atoms with Crippen LogP contribution in [0.25, 0.3) is 0 Å². The molecule has 1 fully saturated rings. The molecule has 1 unspecified atom stereocenters. The number of primary amides is 1. The minimum Gasteiger partial charge on any atom is -0.352 e. The Kier molecular flexibility index (Phi) is 8.57. The molecule has 6 N–H and O–H groups in total. The van der Waals surface area contributed by atoms with E-state index in [9.17, 15) is 9.59 Å². The highest BCUT2D eigenvalue weighted by atomic mass is 35.5. The van der Waals surface area contributed by atoms with E-state index in [2.05, 4.69) is 10.6 Å². The van der Waals surface area contributed by atoms with Crippen LogP contribution in [0, 0.1) is 0 Å². The molecule has 0 radical (unpaired) electrons. The van der Waals surface area contributed by atoms with Gasteiger partial charge in [-0.1, -0.05) is 32.6 Å². The largest absolute Gasteiger partial charge is 0.352 e. The molecule has 20 heavy (non-hydrogen) atoms. The predicted molar refractivity (Wildman–Crippen MR) is 81.7 cm³/mol. The Morgan fingerprint density at radius 2 is 1.90 bits per heavy atom. The van der Waals surface area contributed by atoms with E-state index >= 15 is 0 Å². The van der Waals surface area contributed by atoms with Crippen molar-refractivity contribution in [3.63, 3.8) is 0 Å². The highest BCUT2D eigenvalue weighted by Gasteiger charge is 2.35. The fourth-order valence-electron chi connectivity index (χ4n) is 2.63. The summed E-state index contributed by atoms with van der Waals surface area (Å²) in [4.78, 5) is 23.2. The third-order valence-electron chi connectivity index (χ3n) is 3.82. The second-order valence-electron chi connectivity index (χ2n) is 5.38. The van der Waals surface area contributed by atoms with E-state index in [1.807, 2.05) is 6.92 Å². The summed E-state index contributed by atoms with van der Waals surface area (Å²) in [6.45, 7) is 2.48. The maximum Gasteiger partial charge on any atom is 0.312 e. The Morgan fingerprint density at radius 1 is 1.30 bits per heavy atom. The fourth-order valence-corrected chi connectivity index (χ4v) is 2.63. The average Bonchev–Trinajstić information content (AvgIpc) is 2.83. The van der Waals surface area contributed by atoms with Gasteiger partial charge >= 0.3 is 6.03 Å². The molecule has 0 bridgehead atoms. The first-order valence-electron chi connectivity index (χ1n) is 7.11. The summed E-state index contributed by atoms with van der Waals surface area (Å²) >= 11 is 0. The van der Waals surface area contributed by atoms with E-state index in [-0.39, 0.29) is 23.9 Å². The molecule has 7 heteroatoms. The van der Waals surface area contributed by atoms with Crippen molar-refractivity contribution >= 4 is 24.3 Å². The Bertz CT molecular complexity index is 319. The van der Waals surface area contributed by atoms with Crippen LogP contribution in [0.5, 0.6) is 0 Å². The van der Waals surface area contributed by atoms with Crippen molar-refractivity contribution in [1.82, 2.24) is 10.6 Å². The highest BCUT2D eigenvalue weighted by molar-refractivity contribution is 5.87. The maximum atomic E-state index is 12.3. The van der Waals surface area contributed by atoms with Gasteiger partial charge in [0.05, 0.1) is 5.54 Å². The average molecular weight is 307 g/mol. The molecule has 1 atom stereocenters. The number of rotatable bonds is 7. The molecule has 3 amide bonds. The molecule has 0 aromatic rings. The van der Waals surface area contributed by atoms with Crippen molar-refractivity contribution in [1.29, 1.82) is 0 Å². The third-order valence-corrected chi connectivity index (χ3v) is 3.82. The van der Waals surface area contributed by atoms with Gasteiger partial charge in [-0.15, -0.1) is 12.4 Å². The summed E-state index contributed by atoms with van der Waals surface area (Å²) < 4.78 is 0. The zero-order valence-corrected chi connectivity index (χ0v) is 12.9. The molecule has 0 spiro atoms. The van der Waals surface area contributed by atoms with Crippen LogP contribution >= 0.6 is 12.4 Å². The molecular formula is C13H27ClN4O2. The Morgan fingerprint density at radius 3 is 2.35 bits per heavy atom.